The van der Waals surface area contributed by atoms with Crippen LogP contribution >= 0.6 is 27.7 Å². The van der Waals surface area contributed by atoms with Crippen LogP contribution in [-0.2, 0) is 4.79 Å². The molecule has 19 heavy (non-hydrogen) atoms. The van der Waals surface area contributed by atoms with Crippen molar-refractivity contribution >= 4 is 33.7 Å². The van der Waals surface area contributed by atoms with Crippen molar-refractivity contribution in [3.05, 3.63) is 34.6 Å². The lowest BCUT2D eigenvalue weighted by molar-refractivity contribution is -0.133. The number of carboxylic acids is 1. The van der Waals surface area contributed by atoms with Gasteiger partial charge in [-0.3, -0.25) is 9.36 Å². The van der Waals surface area contributed by atoms with Crippen LogP contribution in [0.25, 0.3) is 5.69 Å². The van der Waals surface area contributed by atoms with Crippen molar-refractivity contribution in [2.24, 2.45) is 0 Å². The summed E-state index contributed by atoms with van der Waals surface area (Å²) in [5.74, 6) is -2.94. The van der Waals surface area contributed by atoms with Crippen molar-refractivity contribution in [1.29, 1.82) is 0 Å². The lowest BCUT2D eigenvalue weighted by Gasteiger charge is -2.08. The minimum atomic E-state index is -1.06. The second kappa shape index (κ2) is 5.66. The standard InChI is InChI=1S/C10H6BrF2N3O2S/c11-5-1-6(12)9(7(13)2-5)16-4-14-15-10(16)19-3-8(17)18/h1-2,4H,3H2,(H,17,18). The molecule has 0 saturated carbocycles. The summed E-state index contributed by atoms with van der Waals surface area (Å²) in [4.78, 5) is 10.5. The van der Waals surface area contributed by atoms with Gasteiger partial charge in [-0.25, -0.2) is 8.78 Å². The molecule has 5 nitrogen and oxygen atoms in total. The molecule has 0 bridgehead atoms. The minimum absolute atomic E-state index is 0.0996. The summed E-state index contributed by atoms with van der Waals surface area (Å²) in [6, 6.07) is 2.20. The van der Waals surface area contributed by atoms with E-state index in [-0.39, 0.29) is 21.1 Å². The molecule has 0 aliphatic heterocycles. The maximum Gasteiger partial charge on any atom is 0.313 e. The molecule has 0 amide bonds. The van der Waals surface area contributed by atoms with Crippen LogP contribution in [0.15, 0.2) is 28.1 Å². The predicted octanol–water partition coefficient (Wildman–Crippen LogP) is 2.48. The summed E-state index contributed by atoms with van der Waals surface area (Å²) in [5, 5.41) is 15.9. The molecule has 0 saturated heterocycles. The van der Waals surface area contributed by atoms with E-state index in [2.05, 4.69) is 26.1 Å². The Bertz CT molecular complexity index is 612. The number of carboxylic acid groups (broad SMARTS) is 1. The van der Waals surface area contributed by atoms with E-state index in [1.54, 1.807) is 0 Å². The number of hydrogen-bond acceptors (Lipinski definition) is 4. The normalized spacial score (nSPS) is 10.7. The molecule has 0 unspecified atom stereocenters. The molecule has 0 aliphatic rings. The van der Waals surface area contributed by atoms with Gasteiger partial charge in [0, 0.05) is 4.47 Å². The third-order valence-electron chi connectivity index (χ3n) is 2.06. The second-order valence-electron chi connectivity index (χ2n) is 3.38. The summed E-state index contributed by atoms with van der Waals surface area (Å²) in [7, 11) is 0. The summed E-state index contributed by atoms with van der Waals surface area (Å²) < 4.78 is 28.9. The number of aromatic nitrogens is 3. The van der Waals surface area contributed by atoms with Crippen LogP contribution in [0.4, 0.5) is 8.78 Å². The molecular weight excluding hydrogens is 344 g/mol. The fraction of sp³-hybridized carbons (Fsp3) is 0.100. The van der Waals surface area contributed by atoms with Crippen LogP contribution < -0.4 is 0 Å². The van der Waals surface area contributed by atoms with Crippen LogP contribution in [-0.4, -0.2) is 31.6 Å². The van der Waals surface area contributed by atoms with Crippen molar-refractivity contribution < 1.29 is 18.7 Å². The Kier molecular flexibility index (Phi) is 4.15. The highest BCUT2D eigenvalue weighted by atomic mass is 79.9. The minimum Gasteiger partial charge on any atom is -0.481 e. The van der Waals surface area contributed by atoms with Gasteiger partial charge in [0.2, 0.25) is 0 Å². The van der Waals surface area contributed by atoms with Crippen LogP contribution in [0.3, 0.4) is 0 Å². The van der Waals surface area contributed by atoms with E-state index >= 15 is 0 Å². The van der Waals surface area contributed by atoms with Crippen LogP contribution in [0.2, 0.25) is 0 Å². The van der Waals surface area contributed by atoms with Gasteiger partial charge in [-0.15, -0.1) is 10.2 Å². The first kappa shape index (κ1) is 13.9. The van der Waals surface area contributed by atoms with E-state index in [1.165, 1.54) is 0 Å². The van der Waals surface area contributed by atoms with Gasteiger partial charge in [0.25, 0.3) is 0 Å². The molecule has 0 atom stereocenters. The van der Waals surface area contributed by atoms with E-state index in [4.69, 9.17) is 5.11 Å². The zero-order chi connectivity index (χ0) is 14.0. The Morgan fingerprint density at radius 1 is 1.42 bits per heavy atom. The zero-order valence-corrected chi connectivity index (χ0v) is 11.6. The van der Waals surface area contributed by atoms with Crippen LogP contribution in [0.5, 0.6) is 0 Å². The van der Waals surface area contributed by atoms with Gasteiger partial charge in [-0.1, -0.05) is 27.7 Å². The summed E-state index contributed by atoms with van der Waals surface area (Å²) >= 11 is 3.80. The van der Waals surface area contributed by atoms with Crippen molar-refractivity contribution in [2.75, 3.05) is 5.75 Å². The Labute approximate surface area is 118 Å². The Morgan fingerprint density at radius 3 is 2.63 bits per heavy atom. The van der Waals surface area contributed by atoms with Crippen molar-refractivity contribution in [3.8, 4) is 5.69 Å². The molecule has 100 valence electrons. The zero-order valence-electron chi connectivity index (χ0n) is 9.18. The van der Waals surface area contributed by atoms with Crippen molar-refractivity contribution in [2.45, 2.75) is 5.16 Å². The molecule has 1 N–H and O–H groups in total. The van der Waals surface area contributed by atoms with Gasteiger partial charge in [-0.05, 0) is 12.1 Å². The maximum absolute atomic E-state index is 13.8. The number of nitrogens with zero attached hydrogens (tertiary/aromatic N) is 3. The number of hydrogen-bond donors (Lipinski definition) is 1. The second-order valence-corrected chi connectivity index (χ2v) is 5.24. The van der Waals surface area contributed by atoms with Crippen molar-refractivity contribution in [3.63, 3.8) is 0 Å². The first-order valence-corrected chi connectivity index (χ1v) is 6.66. The van der Waals surface area contributed by atoms with E-state index < -0.39 is 17.6 Å². The van der Waals surface area contributed by atoms with Gasteiger partial charge < -0.3 is 5.11 Å². The van der Waals surface area contributed by atoms with Gasteiger partial charge in [0.05, 0.1) is 5.75 Å². The largest absolute Gasteiger partial charge is 0.481 e. The molecule has 1 heterocycles. The molecule has 1 aromatic heterocycles. The summed E-state index contributed by atoms with van der Waals surface area (Å²) in [6.45, 7) is 0. The quantitative estimate of drug-likeness (QED) is 0.859. The summed E-state index contributed by atoms with van der Waals surface area (Å²) in [6.07, 6.45) is 1.12. The predicted molar refractivity (Wildman–Crippen MR) is 67.3 cm³/mol. The Balaban J connectivity index is 2.43. The molecule has 0 aliphatic carbocycles. The highest BCUT2D eigenvalue weighted by Gasteiger charge is 2.17. The molecular formula is C10H6BrF2N3O2S. The topological polar surface area (TPSA) is 68.0 Å². The monoisotopic (exact) mass is 349 g/mol. The van der Waals surface area contributed by atoms with E-state index in [0.717, 1.165) is 34.8 Å². The number of halogens is 3. The molecule has 0 radical (unpaired) electrons. The van der Waals surface area contributed by atoms with Crippen LogP contribution in [0.1, 0.15) is 0 Å². The highest BCUT2D eigenvalue weighted by Crippen LogP contribution is 2.26. The van der Waals surface area contributed by atoms with Gasteiger partial charge in [-0.2, -0.15) is 0 Å². The number of aliphatic carboxylic acids is 1. The van der Waals surface area contributed by atoms with Crippen molar-refractivity contribution in [1.82, 2.24) is 14.8 Å². The number of benzene rings is 1. The first-order valence-electron chi connectivity index (χ1n) is 4.88. The fourth-order valence-corrected chi connectivity index (χ4v) is 2.40. The molecule has 2 aromatic rings. The third kappa shape index (κ3) is 3.10. The molecule has 2 rings (SSSR count). The Morgan fingerprint density at radius 2 is 2.05 bits per heavy atom. The average molecular weight is 350 g/mol. The van der Waals surface area contributed by atoms with Crippen LogP contribution in [0, 0.1) is 11.6 Å². The highest BCUT2D eigenvalue weighted by molar-refractivity contribution is 9.10. The first-order chi connectivity index (χ1) is 8.99. The van der Waals surface area contributed by atoms with E-state index in [0.29, 0.717) is 0 Å². The number of carbonyl (C=O) groups is 1. The molecule has 9 heteroatoms. The molecule has 0 fully saturated rings. The molecule has 0 spiro atoms. The van der Waals surface area contributed by atoms with E-state index in [1.807, 2.05) is 0 Å². The maximum atomic E-state index is 13.8. The third-order valence-corrected chi connectivity index (χ3v) is 3.45. The average Bonchev–Trinajstić information content (AvgIpc) is 2.73. The van der Waals surface area contributed by atoms with Gasteiger partial charge >= 0.3 is 5.97 Å². The lowest BCUT2D eigenvalue weighted by atomic mass is 10.3. The Hall–Kier alpha value is -1.48. The summed E-state index contributed by atoms with van der Waals surface area (Å²) in [5.41, 5.74) is -0.346. The fourth-order valence-electron chi connectivity index (χ4n) is 1.37. The van der Waals surface area contributed by atoms with E-state index in [9.17, 15) is 13.6 Å². The SMILES string of the molecule is O=C(O)CSc1nncn1-c1c(F)cc(Br)cc1F. The number of rotatable bonds is 4. The number of thioether (sulfide) groups is 1. The van der Waals surface area contributed by atoms with Gasteiger partial charge in [0.1, 0.15) is 12.0 Å². The lowest BCUT2D eigenvalue weighted by Crippen LogP contribution is -2.04. The smallest absolute Gasteiger partial charge is 0.313 e. The van der Waals surface area contributed by atoms with Gasteiger partial charge in [0.15, 0.2) is 16.8 Å². The molecule has 1 aromatic carbocycles.